The van der Waals surface area contributed by atoms with E-state index in [0.29, 0.717) is 29.4 Å². The Kier molecular flexibility index (Phi) is 6.47. The molecular formula is C21H22F3N5O2. The molecule has 0 radical (unpaired) electrons. The van der Waals surface area contributed by atoms with E-state index in [9.17, 15) is 13.2 Å². The quantitative estimate of drug-likeness (QED) is 0.427. The highest BCUT2D eigenvalue weighted by Crippen LogP contribution is 2.38. The molecule has 2 N–H and O–H groups in total. The van der Waals surface area contributed by atoms with Gasteiger partial charge in [0.1, 0.15) is 11.3 Å². The average Bonchev–Trinajstić information content (AvgIpc) is 3.42. The van der Waals surface area contributed by atoms with E-state index >= 15 is 0 Å². The summed E-state index contributed by atoms with van der Waals surface area (Å²) in [6, 6.07) is 9.47. The number of H-pyrrole nitrogens is 1. The van der Waals surface area contributed by atoms with Gasteiger partial charge in [0.25, 0.3) is 0 Å². The highest BCUT2D eigenvalue weighted by molar-refractivity contribution is 5.83. The summed E-state index contributed by atoms with van der Waals surface area (Å²) in [5.41, 5.74) is 1.99. The molecule has 4 aromatic rings. The van der Waals surface area contributed by atoms with Gasteiger partial charge in [-0.25, -0.2) is 0 Å². The lowest BCUT2D eigenvalue weighted by molar-refractivity contribution is -0.138. The van der Waals surface area contributed by atoms with Gasteiger partial charge in [-0.15, -0.1) is 10.2 Å². The smallest absolute Gasteiger partial charge is 0.420 e. The Hall–Kier alpha value is -3.56. The number of benzene rings is 2. The number of furan rings is 1. The van der Waals surface area contributed by atoms with E-state index in [4.69, 9.17) is 9.15 Å². The Morgan fingerprint density at radius 1 is 1.13 bits per heavy atom. The predicted molar refractivity (Wildman–Crippen MR) is 111 cm³/mol. The number of hydrogen-bond donors (Lipinski definition) is 2. The molecule has 0 amide bonds. The van der Waals surface area contributed by atoms with Crippen molar-refractivity contribution in [1.82, 2.24) is 20.6 Å². The van der Waals surface area contributed by atoms with Crippen LogP contribution in [0.3, 0.4) is 0 Å². The number of nitrogens with zero attached hydrogens (tertiary/aromatic N) is 3. The molecule has 7 nitrogen and oxygen atoms in total. The van der Waals surface area contributed by atoms with E-state index in [0.717, 1.165) is 22.6 Å². The fourth-order valence-corrected chi connectivity index (χ4v) is 3.05. The molecule has 0 saturated carbocycles. The van der Waals surface area contributed by atoms with Crippen LogP contribution in [-0.4, -0.2) is 27.7 Å². The maximum absolute atomic E-state index is 13.2. The second-order valence-electron chi connectivity index (χ2n) is 6.43. The summed E-state index contributed by atoms with van der Waals surface area (Å²) in [5.74, 6) is 0.602. The summed E-state index contributed by atoms with van der Waals surface area (Å²) in [6.07, 6.45) is -4.50. The zero-order valence-electron chi connectivity index (χ0n) is 17.5. The van der Waals surface area contributed by atoms with Crippen LogP contribution in [0.1, 0.15) is 30.5 Å². The first-order valence-electron chi connectivity index (χ1n) is 9.61. The molecule has 0 spiro atoms. The van der Waals surface area contributed by atoms with Crippen molar-refractivity contribution in [2.75, 3.05) is 12.4 Å². The zero-order valence-corrected chi connectivity index (χ0v) is 17.5. The number of fused-ring (bicyclic) bond motifs is 1. The van der Waals surface area contributed by atoms with Crippen LogP contribution in [0.25, 0.3) is 22.6 Å². The van der Waals surface area contributed by atoms with Gasteiger partial charge in [-0.1, -0.05) is 13.8 Å². The first kappa shape index (κ1) is 22.1. The molecule has 0 unspecified atom stereocenters. The van der Waals surface area contributed by atoms with E-state index in [1.165, 1.54) is 13.2 Å². The number of tetrazole rings is 1. The van der Waals surface area contributed by atoms with Crippen molar-refractivity contribution in [3.8, 4) is 17.3 Å². The fraction of sp³-hybridized carbons (Fsp3) is 0.286. The molecule has 0 bridgehead atoms. The number of hydrogen-bond acceptors (Lipinski definition) is 6. The van der Waals surface area contributed by atoms with Crippen molar-refractivity contribution in [1.29, 1.82) is 0 Å². The molecule has 0 aliphatic heterocycles. The minimum atomic E-state index is -4.50. The Balaban J connectivity index is 0.00000132. The maximum Gasteiger partial charge on any atom is 0.420 e. The molecule has 10 heteroatoms. The summed E-state index contributed by atoms with van der Waals surface area (Å²) in [5, 5.41) is 17.6. The Bertz CT molecular complexity index is 1150. The third-order valence-corrected chi connectivity index (χ3v) is 4.53. The van der Waals surface area contributed by atoms with Crippen molar-refractivity contribution in [3.63, 3.8) is 0 Å². The SMILES string of the molecule is CC.COc1ccc(NCc2cc3oc(-c4nn[nH]n4)cc3cc2C)cc1C(F)(F)F. The second-order valence-corrected chi connectivity index (χ2v) is 6.43. The lowest BCUT2D eigenvalue weighted by Gasteiger charge is -2.15. The Morgan fingerprint density at radius 2 is 1.90 bits per heavy atom. The number of aryl methyl sites for hydroxylation is 1. The number of halogens is 3. The topological polar surface area (TPSA) is 88.9 Å². The van der Waals surface area contributed by atoms with Crippen LogP contribution in [0.4, 0.5) is 18.9 Å². The van der Waals surface area contributed by atoms with Gasteiger partial charge in [0.2, 0.25) is 5.82 Å². The van der Waals surface area contributed by atoms with E-state index in [-0.39, 0.29) is 5.75 Å². The van der Waals surface area contributed by atoms with Crippen LogP contribution >= 0.6 is 0 Å². The molecule has 2 aromatic heterocycles. The number of anilines is 1. The van der Waals surface area contributed by atoms with Crippen molar-refractivity contribution < 1.29 is 22.3 Å². The van der Waals surface area contributed by atoms with E-state index in [1.54, 1.807) is 6.07 Å². The summed E-state index contributed by atoms with van der Waals surface area (Å²) >= 11 is 0. The van der Waals surface area contributed by atoms with Gasteiger partial charge >= 0.3 is 6.18 Å². The second kappa shape index (κ2) is 9.07. The monoisotopic (exact) mass is 433 g/mol. The van der Waals surface area contributed by atoms with E-state index in [1.807, 2.05) is 39.0 Å². The molecule has 2 aromatic carbocycles. The number of nitrogens with one attached hydrogen (secondary N) is 2. The largest absolute Gasteiger partial charge is 0.496 e. The van der Waals surface area contributed by atoms with Crippen LogP contribution in [0.15, 0.2) is 40.8 Å². The molecule has 2 heterocycles. The average molecular weight is 433 g/mol. The number of rotatable bonds is 5. The van der Waals surface area contributed by atoms with Crippen LogP contribution in [0, 0.1) is 6.92 Å². The van der Waals surface area contributed by atoms with Crippen LogP contribution in [0.5, 0.6) is 5.75 Å². The van der Waals surface area contributed by atoms with Crippen molar-refractivity contribution >= 4 is 16.7 Å². The Morgan fingerprint density at radius 3 is 2.55 bits per heavy atom. The van der Waals surface area contributed by atoms with Gasteiger partial charge in [0.15, 0.2) is 5.76 Å². The van der Waals surface area contributed by atoms with Crippen molar-refractivity contribution in [2.24, 2.45) is 0 Å². The normalized spacial score (nSPS) is 11.2. The highest BCUT2D eigenvalue weighted by Gasteiger charge is 2.34. The van der Waals surface area contributed by atoms with Crippen LogP contribution in [0.2, 0.25) is 0 Å². The lowest BCUT2D eigenvalue weighted by atomic mass is 10.1. The van der Waals surface area contributed by atoms with E-state index < -0.39 is 11.7 Å². The molecule has 0 aliphatic rings. The van der Waals surface area contributed by atoms with Gasteiger partial charge < -0.3 is 14.5 Å². The van der Waals surface area contributed by atoms with Gasteiger partial charge in [0, 0.05) is 17.6 Å². The number of aromatic nitrogens is 4. The van der Waals surface area contributed by atoms with Crippen LogP contribution < -0.4 is 10.1 Å². The van der Waals surface area contributed by atoms with Gasteiger partial charge in [-0.05, 0) is 59.7 Å². The first-order chi connectivity index (χ1) is 14.8. The summed E-state index contributed by atoms with van der Waals surface area (Å²) in [4.78, 5) is 0. The highest BCUT2D eigenvalue weighted by atomic mass is 19.4. The number of ether oxygens (including phenoxy) is 1. The molecule has 0 fully saturated rings. The minimum absolute atomic E-state index is 0.217. The van der Waals surface area contributed by atoms with Gasteiger partial charge in [-0.2, -0.15) is 18.4 Å². The van der Waals surface area contributed by atoms with Gasteiger partial charge in [0.05, 0.1) is 12.7 Å². The maximum atomic E-state index is 13.2. The molecule has 0 aliphatic carbocycles. The van der Waals surface area contributed by atoms with Crippen LogP contribution in [-0.2, 0) is 12.7 Å². The van der Waals surface area contributed by atoms with Crippen molar-refractivity contribution in [3.05, 3.63) is 53.1 Å². The van der Waals surface area contributed by atoms with Gasteiger partial charge in [-0.3, -0.25) is 0 Å². The molecule has 0 atom stereocenters. The first-order valence-corrected chi connectivity index (χ1v) is 9.61. The number of aromatic amines is 1. The summed E-state index contributed by atoms with van der Waals surface area (Å²) < 4.78 is 50.2. The molecule has 164 valence electrons. The predicted octanol–water partition coefficient (Wildman–Crippen LogP) is 5.59. The van der Waals surface area contributed by atoms with E-state index in [2.05, 4.69) is 25.9 Å². The zero-order chi connectivity index (χ0) is 22.6. The third-order valence-electron chi connectivity index (χ3n) is 4.53. The standard InChI is InChI=1S/C19H16F3N5O2.C2H6/c1-10-5-11-6-17(18-24-26-27-25-18)29-16(11)7-12(10)9-23-13-3-4-15(28-2)14(8-13)19(20,21)22;1-2/h3-8,23H,9H2,1-2H3,(H,24,25,26,27);1-2H3. The van der Waals surface area contributed by atoms with Crippen molar-refractivity contribution in [2.45, 2.75) is 33.5 Å². The molecule has 31 heavy (non-hydrogen) atoms. The Labute approximate surface area is 176 Å². The summed E-state index contributed by atoms with van der Waals surface area (Å²) in [6.45, 7) is 6.25. The molecule has 4 rings (SSSR count). The number of methoxy groups -OCH3 is 1. The third kappa shape index (κ3) is 4.79. The minimum Gasteiger partial charge on any atom is -0.496 e. The summed E-state index contributed by atoms with van der Waals surface area (Å²) in [7, 11) is 1.21. The molecular weight excluding hydrogens is 411 g/mol. The molecule has 0 saturated heterocycles. The lowest BCUT2D eigenvalue weighted by Crippen LogP contribution is -2.09. The fourth-order valence-electron chi connectivity index (χ4n) is 3.05. The number of alkyl halides is 3.